The average molecular weight is 503 g/mol. The number of hydrogen-bond donors (Lipinski definition) is 3. The molecule has 180 valence electrons. The maximum absolute atomic E-state index is 16.1. The van der Waals surface area contributed by atoms with Gasteiger partial charge < -0.3 is 15.3 Å². The van der Waals surface area contributed by atoms with E-state index < -0.39 is 5.82 Å². The van der Waals surface area contributed by atoms with Gasteiger partial charge in [0.25, 0.3) is 0 Å². The van der Waals surface area contributed by atoms with Gasteiger partial charge in [0, 0.05) is 64.7 Å². The molecule has 0 spiro atoms. The van der Waals surface area contributed by atoms with Crippen molar-refractivity contribution in [2.45, 2.75) is 6.54 Å². The van der Waals surface area contributed by atoms with Gasteiger partial charge in [-0.15, -0.1) is 11.3 Å². The molecule has 0 amide bonds. The van der Waals surface area contributed by atoms with Crippen LogP contribution in [0.15, 0.2) is 55.3 Å². The van der Waals surface area contributed by atoms with E-state index in [0.717, 1.165) is 27.3 Å². The van der Waals surface area contributed by atoms with E-state index in [9.17, 15) is 4.39 Å². The Morgan fingerprint density at radius 1 is 1.03 bits per heavy atom. The molecule has 0 radical (unpaired) electrons. The molecular formula is C25H20F2N8S. The van der Waals surface area contributed by atoms with E-state index in [1.54, 1.807) is 36.9 Å². The minimum Gasteiger partial charge on any atom is -0.336 e. The summed E-state index contributed by atoms with van der Waals surface area (Å²) >= 11 is 1.04. The van der Waals surface area contributed by atoms with Gasteiger partial charge in [0.2, 0.25) is 0 Å². The molecule has 11 heteroatoms. The van der Waals surface area contributed by atoms with Crippen molar-refractivity contribution in [3.8, 4) is 21.6 Å². The summed E-state index contributed by atoms with van der Waals surface area (Å²) in [6.45, 7) is 0.680. The molecule has 8 nitrogen and oxygen atoms in total. The number of aromatic amines is 1. The number of anilines is 1. The number of fused-ring (bicyclic) bond motifs is 2. The Morgan fingerprint density at radius 3 is 2.72 bits per heavy atom. The third-order valence-corrected chi connectivity index (χ3v) is 6.69. The van der Waals surface area contributed by atoms with Crippen LogP contribution < -0.4 is 10.9 Å². The first-order valence-corrected chi connectivity index (χ1v) is 11.9. The van der Waals surface area contributed by atoms with Crippen molar-refractivity contribution in [1.29, 1.82) is 0 Å². The Morgan fingerprint density at radius 2 is 1.92 bits per heavy atom. The minimum absolute atomic E-state index is 0.270. The van der Waals surface area contributed by atoms with Gasteiger partial charge in [-0.2, -0.15) is 4.39 Å². The van der Waals surface area contributed by atoms with Crippen LogP contribution in [-0.2, 0) is 6.54 Å². The number of hydrogen-bond acceptors (Lipinski definition) is 8. The maximum atomic E-state index is 16.1. The third-order valence-electron chi connectivity index (χ3n) is 5.78. The standard InChI is InChI=1S/C25H20F2N8S/c1-35(2)12-13-7-14(9-28-8-13)16-10-30-24-20(21(16)27)17(11-31-34-24)23-32-22-15(5-6-29-25(22)33-23)18-3-4-19(26)36-18/h3-11,31H,12H2,1-2H3,(H,30,34)(H,29,32,33). The molecule has 1 aliphatic heterocycles. The van der Waals surface area contributed by atoms with E-state index in [0.29, 0.717) is 46.1 Å². The van der Waals surface area contributed by atoms with Gasteiger partial charge in [-0.25, -0.2) is 19.3 Å². The maximum Gasteiger partial charge on any atom is 0.178 e. The number of imidazole rings is 1. The lowest BCUT2D eigenvalue weighted by Gasteiger charge is -2.20. The van der Waals surface area contributed by atoms with Crippen molar-refractivity contribution in [3.05, 3.63) is 83.2 Å². The fourth-order valence-corrected chi connectivity index (χ4v) is 5.02. The molecule has 0 saturated heterocycles. The fraction of sp³-hybridized carbons (Fsp3) is 0.120. The second-order valence-corrected chi connectivity index (χ2v) is 9.64. The lowest BCUT2D eigenvalue weighted by atomic mass is 9.99. The van der Waals surface area contributed by atoms with Crippen LogP contribution in [0.25, 0.3) is 38.3 Å². The Hall–Kier alpha value is -4.22. The van der Waals surface area contributed by atoms with Crippen molar-refractivity contribution in [1.82, 2.24) is 35.2 Å². The molecule has 3 N–H and O–H groups in total. The normalized spacial score (nSPS) is 12.9. The first kappa shape index (κ1) is 22.3. The molecule has 0 saturated carbocycles. The molecule has 36 heavy (non-hydrogen) atoms. The number of hydrazine groups is 1. The van der Waals surface area contributed by atoms with Crippen molar-refractivity contribution >= 4 is 33.9 Å². The van der Waals surface area contributed by atoms with E-state index in [1.807, 2.05) is 25.1 Å². The highest BCUT2D eigenvalue weighted by molar-refractivity contribution is 7.14. The second-order valence-electron chi connectivity index (χ2n) is 8.60. The Kier molecular flexibility index (Phi) is 5.42. The number of aromatic nitrogens is 5. The zero-order valence-corrected chi connectivity index (χ0v) is 20.1. The summed E-state index contributed by atoms with van der Waals surface area (Å²) in [4.78, 5) is 23.7. The first-order chi connectivity index (χ1) is 17.5. The smallest absolute Gasteiger partial charge is 0.178 e. The van der Waals surface area contributed by atoms with Crippen LogP contribution in [0.5, 0.6) is 0 Å². The molecular weight excluding hydrogens is 482 g/mol. The molecule has 0 fully saturated rings. The molecule has 6 heterocycles. The van der Waals surface area contributed by atoms with Crippen molar-refractivity contribution in [3.63, 3.8) is 0 Å². The van der Waals surface area contributed by atoms with Gasteiger partial charge in [0.05, 0.1) is 11.1 Å². The monoisotopic (exact) mass is 502 g/mol. The lowest BCUT2D eigenvalue weighted by Crippen LogP contribution is -2.23. The number of pyridine rings is 3. The van der Waals surface area contributed by atoms with Crippen molar-refractivity contribution < 1.29 is 8.78 Å². The highest BCUT2D eigenvalue weighted by Gasteiger charge is 2.26. The van der Waals surface area contributed by atoms with Gasteiger partial charge in [-0.1, -0.05) is 0 Å². The molecule has 5 aromatic heterocycles. The van der Waals surface area contributed by atoms with Crippen molar-refractivity contribution in [2.24, 2.45) is 0 Å². The van der Waals surface area contributed by atoms with Gasteiger partial charge >= 0.3 is 0 Å². The summed E-state index contributed by atoms with van der Waals surface area (Å²) in [6, 6.07) is 6.84. The number of rotatable bonds is 5. The second kappa shape index (κ2) is 8.77. The van der Waals surface area contributed by atoms with Gasteiger partial charge in [-0.3, -0.25) is 10.4 Å². The summed E-state index contributed by atoms with van der Waals surface area (Å²) in [7, 11) is 3.93. The Balaban J connectivity index is 1.46. The van der Waals surface area contributed by atoms with E-state index in [-0.39, 0.29) is 10.7 Å². The van der Waals surface area contributed by atoms with Crippen LogP contribution in [0, 0.1) is 10.9 Å². The summed E-state index contributed by atoms with van der Waals surface area (Å²) in [5.41, 5.74) is 10.3. The Bertz CT molecular complexity index is 1640. The molecule has 1 aliphatic rings. The molecule has 0 atom stereocenters. The number of nitrogens with one attached hydrogen (secondary N) is 3. The summed E-state index contributed by atoms with van der Waals surface area (Å²) in [5.74, 6) is 0.299. The molecule has 0 aromatic carbocycles. The average Bonchev–Trinajstić information content (AvgIpc) is 3.50. The minimum atomic E-state index is -0.446. The zero-order valence-electron chi connectivity index (χ0n) is 19.3. The predicted octanol–water partition coefficient (Wildman–Crippen LogP) is 4.80. The van der Waals surface area contributed by atoms with Crippen LogP contribution in [-0.4, -0.2) is 43.9 Å². The lowest BCUT2D eigenvalue weighted by molar-refractivity contribution is 0.402. The number of nitrogens with zero attached hydrogens (tertiary/aromatic N) is 5. The zero-order chi connectivity index (χ0) is 24.8. The summed E-state index contributed by atoms with van der Waals surface area (Å²) in [6.07, 6.45) is 8.13. The molecule has 0 bridgehead atoms. The number of thiophene rings is 1. The molecule has 0 aliphatic carbocycles. The summed E-state index contributed by atoms with van der Waals surface area (Å²) in [5, 5.41) is -0.279. The summed E-state index contributed by atoms with van der Waals surface area (Å²) < 4.78 is 29.8. The van der Waals surface area contributed by atoms with Crippen LogP contribution in [0.3, 0.4) is 0 Å². The number of halogens is 2. The van der Waals surface area contributed by atoms with E-state index >= 15 is 4.39 Å². The quantitative estimate of drug-likeness (QED) is 0.318. The van der Waals surface area contributed by atoms with E-state index in [4.69, 9.17) is 0 Å². The predicted molar refractivity (Wildman–Crippen MR) is 136 cm³/mol. The highest BCUT2D eigenvalue weighted by Crippen LogP contribution is 2.37. The molecule has 6 rings (SSSR count). The molecule has 0 unspecified atom stereocenters. The third kappa shape index (κ3) is 3.88. The Labute approximate surface area is 208 Å². The van der Waals surface area contributed by atoms with Crippen LogP contribution in [0.4, 0.5) is 14.6 Å². The first-order valence-electron chi connectivity index (χ1n) is 11.1. The largest absolute Gasteiger partial charge is 0.336 e. The van der Waals surface area contributed by atoms with Crippen LogP contribution in [0.2, 0.25) is 0 Å². The van der Waals surface area contributed by atoms with E-state index in [2.05, 4.69) is 35.8 Å². The van der Waals surface area contributed by atoms with Gasteiger partial charge in [-0.05, 0) is 43.9 Å². The van der Waals surface area contributed by atoms with Crippen molar-refractivity contribution in [2.75, 3.05) is 19.5 Å². The molecule has 5 aromatic rings. The van der Waals surface area contributed by atoms with Gasteiger partial charge in [0.1, 0.15) is 11.6 Å². The topological polar surface area (TPSA) is 94.7 Å². The van der Waals surface area contributed by atoms with Crippen LogP contribution >= 0.6 is 11.3 Å². The number of H-pyrrole nitrogens is 1. The van der Waals surface area contributed by atoms with E-state index in [1.165, 1.54) is 12.3 Å². The highest BCUT2D eigenvalue weighted by atomic mass is 32.1. The SMILES string of the molecule is CN(C)Cc1cncc(-c2cnc3c(c2F)C(c2nc4nccc(-c5ccc(F)s5)c4[nH]2)=CNN3)c1. The fourth-order valence-electron chi connectivity index (χ4n) is 4.26. The van der Waals surface area contributed by atoms with Gasteiger partial charge in [0.15, 0.2) is 16.6 Å². The van der Waals surface area contributed by atoms with Crippen LogP contribution in [0.1, 0.15) is 17.0 Å².